The zero-order valence-electron chi connectivity index (χ0n) is 15.5. The van der Waals surface area contributed by atoms with Crippen LogP contribution in [0, 0.1) is 6.92 Å². The van der Waals surface area contributed by atoms with E-state index in [0.717, 1.165) is 50.2 Å². The minimum atomic E-state index is -0.0855. The van der Waals surface area contributed by atoms with Crippen molar-refractivity contribution in [2.24, 2.45) is 7.05 Å². The summed E-state index contributed by atoms with van der Waals surface area (Å²) in [6, 6.07) is -0.139. The van der Waals surface area contributed by atoms with Crippen LogP contribution in [0.15, 0.2) is 6.20 Å². The van der Waals surface area contributed by atoms with Crippen LogP contribution in [0.4, 0.5) is 4.79 Å². The molecule has 0 unspecified atom stereocenters. The van der Waals surface area contributed by atoms with Gasteiger partial charge in [-0.05, 0) is 39.5 Å². The Bertz CT molecular complexity index is 559. The Balaban J connectivity index is 1.63. The lowest BCUT2D eigenvalue weighted by molar-refractivity contribution is 0.0494. The Morgan fingerprint density at radius 3 is 2.36 bits per heavy atom. The second kappa shape index (κ2) is 8.19. The molecule has 0 aromatic carbocycles. The van der Waals surface area contributed by atoms with Gasteiger partial charge in [0.25, 0.3) is 0 Å². The molecule has 0 saturated carbocycles. The number of aryl methyl sites for hydroxylation is 1. The van der Waals surface area contributed by atoms with Crippen molar-refractivity contribution >= 4 is 6.03 Å². The van der Waals surface area contributed by atoms with E-state index in [9.17, 15) is 4.79 Å². The van der Waals surface area contributed by atoms with Crippen molar-refractivity contribution in [3.05, 3.63) is 17.5 Å². The van der Waals surface area contributed by atoms with E-state index in [1.165, 1.54) is 0 Å². The van der Waals surface area contributed by atoms with Gasteiger partial charge in [0, 0.05) is 44.6 Å². The summed E-state index contributed by atoms with van der Waals surface area (Å²) in [5.74, 6) is 0. The number of nitrogens with one attached hydrogen (secondary N) is 1. The fourth-order valence-electron chi connectivity index (χ4n) is 3.60. The molecule has 0 aliphatic carbocycles. The minimum Gasteiger partial charge on any atom is -0.376 e. The monoisotopic (exact) mass is 350 g/mol. The SMILES string of the molecule is Cc1c([C@H](C)NC(=O)N(C[C@H]2CCCO2)C[C@@H]2CCCO2)cnn1C. The molecule has 0 spiro atoms. The Morgan fingerprint density at radius 1 is 1.32 bits per heavy atom. The van der Waals surface area contributed by atoms with Gasteiger partial charge in [0.1, 0.15) is 0 Å². The molecule has 3 rings (SSSR count). The zero-order chi connectivity index (χ0) is 17.8. The minimum absolute atomic E-state index is 0.0539. The van der Waals surface area contributed by atoms with Crippen LogP contribution in [-0.2, 0) is 16.5 Å². The lowest BCUT2D eigenvalue weighted by Gasteiger charge is -2.29. The van der Waals surface area contributed by atoms with E-state index in [2.05, 4.69) is 10.4 Å². The van der Waals surface area contributed by atoms with E-state index in [1.807, 2.05) is 36.7 Å². The summed E-state index contributed by atoms with van der Waals surface area (Å²) in [5, 5.41) is 7.39. The van der Waals surface area contributed by atoms with Crippen LogP contribution >= 0.6 is 0 Å². The molecule has 2 saturated heterocycles. The van der Waals surface area contributed by atoms with E-state index in [0.29, 0.717) is 13.1 Å². The van der Waals surface area contributed by atoms with Crippen LogP contribution in [0.1, 0.15) is 49.9 Å². The molecule has 2 amide bonds. The Kier molecular flexibility index (Phi) is 5.96. The maximum atomic E-state index is 12.9. The summed E-state index contributed by atoms with van der Waals surface area (Å²) < 4.78 is 13.3. The lowest BCUT2D eigenvalue weighted by atomic mass is 10.1. The summed E-state index contributed by atoms with van der Waals surface area (Å²) in [6.07, 6.45) is 6.30. The van der Waals surface area contributed by atoms with Crippen molar-refractivity contribution in [3.8, 4) is 0 Å². The number of amides is 2. The van der Waals surface area contributed by atoms with Crippen molar-refractivity contribution in [1.29, 1.82) is 0 Å². The molecule has 2 fully saturated rings. The molecule has 0 bridgehead atoms. The van der Waals surface area contributed by atoms with Crippen LogP contribution in [0.3, 0.4) is 0 Å². The van der Waals surface area contributed by atoms with E-state index in [4.69, 9.17) is 9.47 Å². The highest BCUT2D eigenvalue weighted by atomic mass is 16.5. The molecule has 2 aliphatic rings. The predicted molar refractivity (Wildman–Crippen MR) is 94.4 cm³/mol. The number of carbonyl (C=O) groups excluding carboxylic acids is 1. The quantitative estimate of drug-likeness (QED) is 0.854. The van der Waals surface area contributed by atoms with Gasteiger partial charge in [-0.1, -0.05) is 0 Å². The van der Waals surface area contributed by atoms with Crippen LogP contribution in [0.25, 0.3) is 0 Å². The van der Waals surface area contributed by atoms with Crippen LogP contribution in [0.2, 0.25) is 0 Å². The first kappa shape index (κ1) is 18.2. The highest BCUT2D eigenvalue weighted by molar-refractivity contribution is 5.74. The van der Waals surface area contributed by atoms with Gasteiger partial charge in [-0.3, -0.25) is 4.68 Å². The highest BCUT2D eigenvalue weighted by Crippen LogP contribution is 2.19. The second-order valence-electron chi connectivity index (χ2n) is 7.16. The van der Waals surface area contributed by atoms with Crippen LogP contribution < -0.4 is 5.32 Å². The molecular weight excluding hydrogens is 320 g/mol. The van der Waals surface area contributed by atoms with Gasteiger partial charge in [-0.2, -0.15) is 5.10 Å². The number of nitrogens with zero attached hydrogens (tertiary/aromatic N) is 3. The Morgan fingerprint density at radius 2 is 1.92 bits per heavy atom. The summed E-state index contributed by atoms with van der Waals surface area (Å²) in [7, 11) is 1.91. The molecule has 7 heteroatoms. The molecule has 1 N–H and O–H groups in total. The fraction of sp³-hybridized carbons (Fsp3) is 0.778. The molecular formula is C18H30N4O3. The third-order valence-corrected chi connectivity index (χ3v) is 5.26. The van der Waals surface area contributed by atoms with Gasteiger partial charge >= 0.3 is 6.03 Å². The van der Waals surface area contributed by atoms with Gasteiger partial charge in [0.05, 0.1) is 24.4 Å². The molecule has 25 heavy (non-hydrogen) atoms. The number of carbonyl (C=O) groups is 1. The molecule has 2 aliphatic heterocycles. The lowest BCUT2D eigenvalue weighted by Crippen LogP contribution is -2.47. The Hall–Kier alpha value is -1.60. The molecule has 7 nitrogen and oxygen atoms in total. The van der Waals surface area contributed by atoms with E-state index < -0.39 is 0 Å². The molecule has 0 radical (unpaired) electrons. The molecule has 3 heterocycles. The fourth-order valence-corrected chi connectivity index (χ4v) is 3.60. The van der Waals surface area contributed by atoms with Gasteiger partial charge < -0.3 is 19.7 Å². The van der Waals surface area contributed by atoms with Crippen molar-refractivity contribution in [3.63, 3.8) is 0 Å². The van der Waals surface area contributed by atoms with Crippen molar-refractivity contribution < 1.29 is 14.3 Å². The molecule has 1 aromatic rings. The zero-order valence-corrected chi connectivity index (χ0v) is 15.5. The topological polar surface area (TPSA) is 68.6 Å². The number of ether oxygens (including phenoxy) is 2. The second-order valence-corrected chi connectivity index (χ2v) is 7.16. The van der Waals surface area contributed by atoms with Gasteiger partial charge in [0.15, 0.2) is 0 Å². The summed E-state index contributed by atoms with van der Waals surface area (Å²) in [6.45, 7) is 6.87. The third kappa shape index (κ3) is 4.52. The average molecular weight is 350 g/mol. The highest BCUT2D eigenvalue weighted by Gasteiger charge is 2.28. The summed E-state index contributed by atoms with van der Waals surface area (Å²) >= 11 is 0. The van der Waals surface area contributed by atoms with Crippen LogP contribution in [0.5, 0.6) is 0 Å². The predicted octanol–water partition coefficient (Wildman–Crippen LogP) is 2.16. The maximum Gasteiger partial charge on any atom is 0.318 e. The van der Waals surface area contributed by atoms with Crippen molar-refractivity contribution in [1.82, 2.24) is 20.0 Å². The average Bonchev–Trinajstić information content (AvgIpc) is 3.32. The van der Waals surface area contributed by atoms with Crippen LogP contribution in [-0.4, -0.2) is 59.2 Å². The maximum absolute atomic E-state index is 12.9. The Labute approximate surface area is 149 Å². The first-order valence-corrected chi connectivity index (χ1v) is 9.31. The number of hydrogen-bond acceptors (Lipinski definition) is 4. The first-order valence-electron chi connectivity index (χ1n) is 9.31. The molecule has 140 valence electrons. The molecule has 1 aromatic heterocycles. The first-order chi connectivity index (χ1) is 12.0. The molecule has 3 atom stereocenters. The largest absolute Gasteiger partial charge is 0.376 e. The van der Waals surface area contributed by atoms with E-state index >= 15 is 0 Å². The van der Waals surface area contributed by atoms with Crippen molar-refractivity contribution in [2.75, 3.05) is 26.3 Å². The van der Waals surface area contributed by atoms with Gasteiger partial charge in [0.2, 0.25) is 0 Å². The van der Waals surface area contributed by atoms with Crippen molar-refractivity contribution in [2.45, 2.75) is 57.8 Å². The van der Waals surface area contributed by atoms with E-state index in [-0.39, 0.29) is 24.3 Å². The van der Waals surface area contributed by atoms with Gasteiger partial charge in [-0.25, -0.2) is 4.79 Å². The standard InChI is InChI=1S/C18H30N4O3/c1-13(17-10-19-21(3)14(17)2)20-18(23)22(11-15-6-4-8-24-15)12-16-7-5-9-25-16/h10,13,15-16H,4-9,11-12H2,1-3H3,(H,20,23)/t13-,15-,16+/m0/s1. The number of hydrogen-bond donors (Lipinski definition) is 1. The third-order valence-electron chi connectivity index (χ3n) is 5.26. The van der Waals surface area contributed by atoms with E-state index in [1.54, 1.807) is 0 Å². The smallest absolute Gasteiger partial charge is 0.318 e. The summed E-state index contributed by atoms with van der Waals surface area (Å²) in [4.78, 5) is 14.8. The number of aromatic nitrogens is 2. The number of urea groups is 1. The number of rotatable bonds is 6. The normalized spacial score (nSPS) is 24.4. The van der Waals surface area contributed by atoms with Gasteiger partial charge in [-0.15, -0.1) is 0 Å². The summed E-state index contributed by atoms with van der Waals surface area (Å²) in [5.41, 5.74) is 2.11.